The fourth-order valence-electron chi connectivity index (χ4n) is 4.25. The maximum Gasteiger partial charge on any atom is 0.221 e. The molecule has 184 valence electrons. The predicted octanol–water partition coefficient (Wildman–Crippen LogP) is 5.68. The number of ether oxygens (including phenoxy) is 1. The Morgan fingerprint density at radius 2 is 1.88 bits per heavy atom. The van der Waals surface area contributed by atoms with Crippen LogP contribution in [0.3, 0.4) is 0 Å². The summed E-state index contributed by atoms with van der Waals surface area (Å²) < 4.78 is 33.9. The molecule has 1 aliphatic rings. The summed E-state index contributed by atoms with van der Waals surface area (Å²) in [6.07, 6.45) is 3.61. The summed E-state index contributed by atoms with van der Waals surface area (Å²) in [5.41, 5.74) is 0.595. The Bertz CT molecular complexity index is 998. The van der Waals surface area contributed by atoms with Crippen LogP contribution >= 0.6 is 11.8 Å². The zero-order valence-electron chi connectivity index (χ0n) is 19.8. The predicted molar refractivity (Wildman–Crippen MR) is 133 cm³/mol. The molecule has 8 heteroatoms. The highest BCUT2D eigenvalue weighted by Gasteiger charge is 2.41. The van der Waals surface area contributed by atoms with Gasteiger partial charge in [0.2, 0.25) is 5.91 Å². The van der Waals surface area contributed by atoms with Gasteiger partial charge >= 0.3 is 0 Å². The first-order valence-corrected chi connectivity index (χ1v) is 12.7. The van der Waals surface area contributed by atoms with Gasteiger partial charge in [0.05, 0.1) is 11.7 Å². The average Bonchev–Trinajstić information content (AvgIpc) is 2.81. The Morgan fingerprint density at radius 3 is 2.62 bits per heavy atom. The molecule has 1 unspecified atom stereocenters. The SMILES string of the molecule is CCCN(CCC)CCCC(=O)NC1(SC(=N)c2cc(F)ccc2F)CCOc2ccccc21. The van der Waals surface area contributed by atoms with Crippen molar-refractivity contribution in [2.45, 2.75) is 50.8 Å². The normalized spacial score (nSPS) is 17.2. The summed E-state index contributed by atoms with van der Waals surface area (Å²) in [6, 6.07) is 10.4. The van der Waals surface area contributed by atoms with E-state index in [0.29, 0.717) is 25.2 Å². The lowest BCUT2D eigenvalue weighted by atomic mass is 9.99. The molecule has 1 atom stereocenters. The summed E-state index contributed by atoms with van der Waals surface area (Å²) >= 11 is 1.03. The van der Waals surface area contributed by atoms with Crippen LogP contribution in [0.15, 0.2) is 42.5 Å². The summed E-state index contributed by atoms with van der Waals surface area (Å²) in [5, 5.41) is 11.5. The third-order valence-corrected chi connectivity index (χ3v) is 7.08. The highest BCUT2D eigenvalue weighted by Crippen LogP contribution is 2.46. The van der Waals surface area contributed by atoms with E-state index in [1.807, 2.05) is 24.3 Å². The van der Waals surface area contributed by atoms with Crippen molar-refractivity contribution in [3.8, 4) is 5.75 Å². The van der Waals surface area contributed by atoms with Gasteiger partial charge in [-0.3, -0.25) is 10.2 Å². The van der Waals surface area contributed by atoms with E-state index in [9.17, 15) is 13.6 Å². The molecule has 0 aromatic heterocycles. The Morgan fingerprint density at radius 1 is 1.15 bits per heavy atom. The van der Waals surface area contributed by atoms with Crippen LogP contribution in [0.1, 0.15) is 57.1 Å². The Balaban J connectivity index is 1.79. The highest BCUT2D eigenvalue weighted by atomic mass is 32.2. The molecule has 2 aromatic carbocycles. The first kappa shape index (κ1) is 26.2. The van der Waals surface area contributed by atoms with Crippen molar-refractivity contribution >= 4 is 22.7 Å². The zero-order chi connectivity index (χ0) is 24.6. The van der Waals surface area contributed by atoms with Crippen LogP contribution in [0.4, 0.5) is 8.78 Å². The van der Waals surface area contributed by atoms with Crippen LogP contribution in [-0.2, 0) is 9.67 Å². The molecule has 0 bridgehead atoms. The van der Waals surface area contributed by atoms with Crippen molar-refractivity contribution in [2.24, 2.45) is 0 Å². The van der Waals surface area contributed by atoms with E-state index in [-0.39, 0.29) is 16.5 Å². The summed E-state index contributed by atoms with van der Waals surface area (Å²) in [7, 11) is 0. The molecule has 2 aromatic rings. The van der Waals surface area contributed by atoms with Crippen LogP contribution in [0, 0.1) is 17.0 Å². The summed E-state index contributed by atoms with van der Waals surface area (Å²) in [4.78, 5) is 14.4. The average molecular weight is 490 g/mol. The maximum absolute atomic E-state index is 14.4. The van der Waals surface area contributed by atoms with E-state index in [1.54, 1.807) is 0 Å². The number of fused-ring (bicyclic) bond motifs is 1. The molecule has 34 heavy (non-hydrogen) atoms. The Labute approximate surface area is 204 Å². The first-order chi connectivity index (χ1) is 16.4. The number of hydrogen-bond acceptors (Lipinski definition) is 5. The lowest BCUT2D eigenvalue weighted by Crippen LogP contribution is -2.47. The van der Waals surface area contributed by atoms with Gasteiger partial charge in [0.15, 0.2) is 0 Å². The second-order valence-electron chi connectivity index (χ2n) is 8.47. The molecule has 3 rings (SSSR count). The minimum Gasteiger partial charge on any atom is -0.493 e. The molecular formula is C26H33F2N3O2S. The molecule has 0 saturated carbocycles. The Hall–Kier alpha value is -2.45. The molecule has 1 amide bonds. The Kier molecular flexibility index (Phi) is 9.47. The van der Waals surface area contributed by atoms with Crippen LogP contribution in [0.5, 0.6) is 5.75 Å². The van der Waals surface area contributed by atoms with E-state index < -0.39 is 16.5 Å². The van der Waals surface area contributed by atoms with Gasteiger partial charge in [-0.25, -0.2) is 8.78 Å². The number of thioether (sulfide) groups is 1. The van der Waals surface area contributed by atoms with E-state index >= 15 is 0 Å². The van der Waals surface area contributed by atoms with Crippen LogP contribution in [-0.4, -0.2) is 42.1 Å². The monoisotopic (exact) mass is 489 g/mol. The fourth-order valence-corrected chi connectivity index (χ4v) is 5.49. The van der Waals surface area contributed by atoms with Gasteiger partial charge in [0.1, 0.15) is 22.3 Å². The smallest absolute Gasteiger partial charge is 0.221 e. The number of para-hydroxylation sites is 1. The number of nitrogens with one attached hydrogen (secondary N) is 2. The van der Waals surface area contributed by atoms with Gasteiger partial charge in [-0.2, -0.15) is 0 Å². The summed E-state index contributed by atoms with van der Waals surface area (Å²) in [6.45, 7) is 7.50. The van der Waals surface area contributed by atoms with E-state index in [4.69, 9.17) is 10.1 Å². The van der Waals surface area contributed by atoms with E-state index in [1.165, 1.54) is 0 Å². The van der Waals surface area contributed by atoms with Crippen LogP contribution < -0.4 is 10.1 Å². The highest BCUT2D eigenvalue weighted by molar-refractivity contribution is 8.15. The van der Waals surface area contributed by atoms with Crippen molar-refractivity contribution in [2.75, 3.05) is 26.2 Å². The van der Waals surface area contributed by atoms with E-state index in [0.717, 1.165) is 74.4 Å². The van der Waals surface area contributed by atoms with Gasteiger partial charge in [0, 0.05) is 24.0 Å². The van der Waals surface area contributed by atoms with Crippen LogP contribution in [0.2, 0.25) is 0 Å². The van der Waals surface area contributed by atoms with Gasteiger partial charge in [-0.15, -0.1) is 0 Å². The number of carbonyl (C=O) groups is 1. The first-order valence-electron chi connectivity index (χ1n) is 11.9. The van der Waals surface area contributed by atoms with Crippen molar-refractivity contribution in [1.29, 1.82) is 5.41 Å². The van der Waals surface area contributed by atoms with Gasteiger partial charge in [-0.05, 0) is 63.2 Å². The van der Waals surface area contributed by atoms with Crippen molar-refractivity contribution in [3.63, 3.8) is 0 Å². The van der Waals surface area contributed by atoms with E-state index in [2.05, 4.69) is 24.1 Å². The van der Waals surface area contributed by atoms with Crippen molar-refractivity contribution in [1.82, 2.24) is 10.2 Å². The molecule has 0 fully saturated rings. The zero-order valence-corrected chi connectivity index (χ0v) is 20.6. The fraction of sp³-hybridized carbons (Fsp3) is 0.462. The molecule has 2 N–H and O–H groups in total. The van der Waals surface area contributed by atoms with Gasteiger partial charge in [-0.1, -0.05) is 43.8 Å². The summed E-state index contributed by atoms with van der Waals surface area (Å²) in [5.74, 6) is -0.806. The molecule has 0 saturated heterocycles. The molecular weight excluding hydrogens is 456 g/mol. The molecule has 0 spiro atoms. The lowest BCUT2D eigenvalue weighted by molar-refractivity contribution is -0.122. The number of hydrogen-bond donors (Lipinski definition) is 2. The lowest BCUT2D eigenvalue weighted by Gasteiger charge is -2.39. The molecule has 5 nitrogen and oxygen atoms in total. The number of carbonyl (C=O) groups excluding carboxylic acids is 1. The number of benzene rings is 2. The van der Waals surface area contributed by atoms with Crippen molar-refractivity contribution < 1.29 is 18.3 Å². The number of nitrogens with zero attached hydrogens (tertiary/aromatic N) is 1. The molecule has 0 radical (unpaired) electrons. The largest absolute Gasteiger partial charge is 0.493 e. The molecule has 0 aliphatic carbocycles. The quantitative estimate of drug-likeness (QED) is 0.242. The van der Waals surface area contributed by atoms with Crippen LogP contribution in [0.25, 0.3) is 0 Å². The number of rotatable bonds is 11. The minimum atomic E-state index is -1.01. The van der Waals surface area contributed by atoms with Crippen molar-refractivity contribution in [3.05, 3.63) is 65.2 Å². The van der Waals surface area contributed by atoms with Gasteiger partial charge < -0.3 is 15.0 Å². The maximum atomic E-state index is 14.4. The number of halogens is 2. The number of amides is 1. The third kappa shape index (κ3) is 6.57. The topological polar surface area (TPSA) is 65.4 Å². The second kappa shape index (κ2) is 12.3. The minimum absolute atomic E-state index is 0.127. The molecule has 1 heterocycles. The van der Waals surface area contributed by atoms with Gasteiger partial charge in [0.25, 0.3) is 0 Å². The standard InChI is InChI=1S/C26H33F2N3O2S/c1-3-14-31(15-4-2)16-7-10-24(32)30-26(13-17-33-23-9-6-5-8-21(23)26)34-25(29)20-18-19(27)11-12-22(20)28/h5-6,8-9,11-12,18,29H,3-4,7,10,13-17H2,1-2H3,(H,30,32). The second-order valence-corrected chi connectivity index (χ2v) is 9.78. The third-order valence-electron chi connectivity index (χ3n) is 5.78. The molecule has 1 aliphatic heterocycles.